The molecule has 7 heteroatoms. The molecule has 0 fully saturated rings. The maximum absolute atomic E-state index is 13.6. The van der Waals surface area contributed by atoms with Gasteiger partial charge in [-0.15, -0.1) is 0 Å². The summed E-state index contributed by atoms with van der Waals surface area (Å²) in [6.45, 7) is 0. The summed E-state index contributed by atoms with van der Waals surface area (Å²) in [5.74, 6) is -1.58. The molecule has 0 spiro atoms. The lowest BCUT2D eigenvalue weighted by atomic mass is 10.2. The van der Waals surface area contributed by atoms with Gasteiger partial charge < -0.3 is 5.32 Å². The molecular formula is C13H11FN2O3S. The van der Waals surface area contributed by atoms with E-state index in [1.807, 2.05) is 0 Å². The molecule has 0 aromatic heterocycles. The quantitative estimate of drug-likeness (QED) is 0.903. The Morgan fingerprint density at radius 3 is 2.35 bits per heavy atom. The summed E-state index contributed by atoms with van der Waals surface area (Å²) in [5, 5.41) is 7.41. The number of primary sulfonamides is 1. The fraction of sp³-hybridized carbons (Fsp3) is 0. The molecule has 0 aliphatic rings. The van der Waals surface area contributed by atoms with Gasteiger partial charge in [0, 0.05) is 5.69 Å². The van der Waals surface area contributed by atoms with Crippen LogP contribution in [0.25, 0.3) is 0 Å². The van der Waals surface area contributed by atoms with Crippen molar-refractivity contribution in [2.45, 2.75) is 4.90 Å². The van der Waals surface area contributed by atoms with Gasteiger partial charge in [-0.25, -0.2) is 17.9 Å². The lowest BCUT2D eigenvalue weighted by molar-refractivity contribution is 0.102. The molecule has 0 atom stereocenters. The fourth-order valence-corrected chi connectivity index (χ4v) is 2.12. The van der Waals surface area contributed by atoms with E-state index < -0.39 is 21.7 Å². The van der Waals surface area contributed by atoms with Gasteiger partial charge in [-0.3, -0.25) is 4.79 Å². The van der Waals surface area contributed by atoms with Crippen LogP contribution in [0.4, 0.5) is 10.1 Å². The summed E-state index contributed by atoms with van der Waals surface area (Å²) in [4.78, 5) is 11.6. The van der Waals surface area contributed by atoms with E-state index in [0.717, 1.165) is 18.2 Å². The number of anilines is 1. The molecule has 0 heterocycles. The highest BCUT2D eigenvalue weighted by atomic mass is 32.2. The van der Waals surface area contributed by atoms with Gasteiger partial charge in [0.15, 0.2) is 0 Å². The zero-order valence-electron chi connectivity index (χ0n) is 10.2. The number of carbonyl (C=O) groups excluding carboxylic acids is 1. The minimum absolute atomic E-state index is 0.322. The number of nitrogens with one attached hydrogen (secondary N) is 1. The molecule has 2 rings (SSSR count). The number of para-hydroxylation sites is 1. The Morgan fingerprint density at radius 2 is 1.75 bits per heavy atom. The number of nitrogens with two attached hydrogens (primary N) is 1. The second-order valence-electron chi connectivity index (χ2n) is 4.01. The molecule has 0 aliphatic carbocycles. The molecule has 0 radical (unpaired) electrons. The topological polar surface area (TPSA) is 89.3 Å². The van der Waals surface area contributed by atoms with Crippen molar-refractivity contribution in [3.8, 4) is 0 Å². The monoisotopic (exact) mass is 294 g/mol. The molecule has 0 bridgehead atoms. The number of amides is 1. The Morgan fingerprint density at radius 1 is 1.10 bits per heavy atom. The predicted molar refractivity (Wildman–Crippen MR) is 72.2 cm³/mol. The van der Waals surface area contributed by atoms with Crippen LogP contribution in [0.1, 0.15) is 10.4 Å². The molecule has 20 heavy (non-hydrogen) atoms. The fourth-order valence-electron chi connectivity index (χ4n) is 1.58. The number of hydrogen-bond donors (Lipinski definition) is 2. The van der Waals surface area contributed by atoms with Crippen molar-refractivity contribution >= 4 is 21.6 Å². The van der Waals surface area contributed by atoms with Gasteiger partial charge in [0.2, 0.25) is 10.0 Å². The zero-order valence-corrected chi connectivity index (χ0v) is 11.0. The smallest absolute Gasteiger partial charge is 0.258 e. The molecule has 0 saturated heterocycles. The first-order valence-electron chi connectivity index (χ1n) is 5.56. The van der Waals surface area contributed by atoms with Crippen LogP contribution in [-0.4, -0.2) is 14.3 Å². The van der Waals surface area contributed by atoms with Crippen molar-refractivity contribution in [1.29, 1.82) is 0 Å². The Hall–Kier alpha value is -2.25. The predicted octanol–water partition coefficient (Wildman–Crippen LogP) is 1.73. The molecule has 0 saturated carbocycles. The van der Waals surface area contributed by atoms with Crippen LogP contribution in [0.15, 0.2) is 53.4 Å². The van der Waals surface area contributed by atoms with Gasteiger partial charge in [-0.1, -0.05) is 18.2 Å². The van der Waals surface area contributed by atoms with Crippen LogP contribution in [0.2, 0.25) is 0 Å². The van der Waals surface area contributed by atoms with E-state index in [1.54, 1.807) is 30.3 Å². The SMILES string of the molecule is NS(=O)(=O)c1ccc(F)c(C(=O)Nc2ccccc2)c1. The van der Waals surface area contributed by atoms with Crippen molar-refractivity contribution in [2.75, 3.05) is 5.32 Å². The number of rotatable bonds is 3. The summed E-state index contributed by atoms with van der Waals surface area (Å²) >= 11 is 0. The average Bonchev–Trinajstić information content (AvgIpc) is 2.39. The number of sulfonamides is 1. The summed E-state index contributed by atoms with van der Waals surface area (Å²) in [5.41, 5.74) is 0.0817. The minimum Gasteiger partial charge on any atom is -0.322 e. The third-order valence-corrected chi connectivity index (χ3v) is 3.45. The Balaban J connectivity index is 2.35. The van der Waals surface area contributed by atoms with Gasteiger partial charge in [-0.05, 0) is 30.3 Å². The second-order valence-corrected chi connectivity index (χ2v) is 5.57. The van der Waals surface area contributed by atoms with Gasteiger partial charge in [0.1, 0.15) is 5.82 Å². The van der Waals surface area contributed by atoms with Crippen LogP contribution in [0, 0.1) is 5.82 Å². The standard InChI is InChI=1S/C13H11FN2O3S/c14-12-7-6-10(20(15,18)19)8-11(12)13(17)16-9-4-2-1-3-5-9/h1-8H,(H,16,17)(H2,15,18,19). The summed E-state index contributed by atoms with van der Waals surface area (Å²) in [6.07, 6.45) is 0. The largest absolute Gasteiger partial charge is 0.322 e. The first-order valence-corrected chi connectivity index (χ1v) is 7.11. The average molecular weight is 294 g/mol. The van der Waals surface area contributed by atoms with Gasteiger partial charge >= 0.3 is 0 Å². The first-order chi connectivity index (χ1) is 9.38. The van der Waals surface area contributed by atoms with Crippen molar-refractivity contribution in [2.24, 2.45) is 5.14 Å². The number of hydrogen-bond acceptors (Lipinski definition) is 3. The van der Waals surface area contributed by atoms with E-state index in [1.165, 1.54) is 0 Å². The van der Waals surface area contributed by atoms with Gasteiger partial charge in [0.25, 0.3) is 5.91 Å². The van der Waals surface area contributed by atoms with Gasteiger partial charge in [0.05, 0.1) is 10.5 Å². The van der Waals surface area contributed by atoms with Crippen LogP contribution in [0.3, 0.4) is 0 Å². The highest BCUT2D eigenvalue weighted by Crippen LogP contribution is 2.16. The van der Waals surface area contributed by atoms with Gasteiger partial charge in [-0.2, -0.15) is 0 Å². The van der Waals surface area contributed by atoms with E-state index in [4.69, 9.17) is 5.14 Å². The normalized spacial score (nSPS) is 11.1. The van der Waals surface area contributed by atoms with E-state index in [-0.39, 0.29) is 10.5 Å². The Bertz CT molecular complexity index is 745. The van der Waals surface area contributed by atoms with Crippen LogP contribution in [0.5, 0.6) is 0 Å². The van der Waals surface area contributed by atoms with Crippen LogP contribution < -0.4 is 10.5 Å². The Labute approximate surface area is 115 Å². The summed E-state index contributed by atoms with van der Waals surface area (Å²) in [6, 6.07) is 11.2. The number of halogens is 1. The molecule has 0 aliphatic heterocycles. The molecule has 5 nitrogen and oxygen atoms in total. The first kappa shape index (κ1) is 14.2. The maximum atomic E-state index is 13.6. The third kappa shape index (κ3) is 3.19. The highest BCUT2D eigenvalue weighted by Gasteiger charge is 2.16. The number of benzene rings is 2. The molecule has 104 valence electrons. The van der Waals surface area contributed by atoms with Crippen molar-refractivity contribution in [3.05, 3.63) is 59.9 Å². The zero-order chi connectivity index (χ0) is 14.8. The van der Waals surface area contributed by atoms with E-state index in [9.17, 15) is 17.6 Å². The highest BCUT2D eigenvalue weighted by molar-refractivity contribution is 7.89. The van der Waals surface area contributed by atoms with Crippen molar-refractivity contribution in [1.82, 2.24) is 0 Å². The molecule has 1 amide bonds. The second kappa shape index (κ2) is 5.40. The lowest BCUT2D eigenvalue weighted by Crippen LogP contribution is -2.17. The Kier molecular flexibility index (Phi) is 3.82. The minimum atomic E-state index is -4.00. The molecule has 2 aromatic rings. The van der Waals surface area contributed by atoms with Crippen molar-refractivity contribution < 1.29 is 17.6 Å². The van der Waals surface area contributed by atoms with Crippen LogP contribution in [-0.2, 0) is 10.0 Å². The van der Waals surface area contributed by atoms with E-state index in [0.29, 0.717) is 5.69 Å². The molecule has 0 unspecified atom stereocenters. The lowest BCUT2D eigenvalue weighted by Gasteiger charge is -2.07. The number of carbonyl (C=O) groups is 1. The molecule has 3 N–H and O–H groups in total. The third-order valence-electron chi connectivity index (χ3n) is 2.54. The maximum Gasteiger partial charge on any atom is 0.258 e. The van der Waals surface area contributed by atoms with Crippen molar-refractivity contribution in [3.63, 3.8) is 0 Å². The van der Waals surface area contributed by atoms with Crippen LogP contribution >= 0.6 is 0 Å². The van der Waals surface area contributed by atoms with E-state index >= 15 is 0 Å². The summed E-state index contributed by atoms with van der Waals surface area (Å²) < 4.78 is 36.0. The molecular weight excluding hydrogens is 283 g/mol. The summed E-state index contributed by atoms with van der Waals surface area (Å²) in [7, 11) is -4.00. The van der Waals surface area contributed by atoms with E-state index in [2.05, 4.69) is 5.32 Å². The molecule has 2 aromatic carbocycles.